The summed E-state index contributed by atoms with van der Waals surface area (Å²) in [7, 11) is 0. The van der Waals surface area contributed by atoms with Crippen LogP contribution in [0.2, 0.25) is 0 Å². The Bertz CT molecular complexity index is 1050. The maximum absolute atomic E-state index is 6.60. The van der Waals surface area contributed by atoms with Crippen molar-refractivity contribution in [1.29, 1.82) is 0 Å². The van der Waals surface area contributed by atoms with Crippen molar-refractivity contribution in [1.82, 2.24) is 24.8 Å². The molecule has 5 heterocycles. The molecule has 6 nitrogen and oxygen atoms in total. The van der Waals surface area contributed by atoms with Gasteiger partial charge in [-0.1, -0.05) is 29.8 Å². The summed E-state index contributed by atoms with van der Waals surface area (Å²) in [6.45, 7) is 5.26. The third-order valence-electron chi connectivity index (χ3n) is 6.22. The van der Waals surface area contributed by atoms with Gasteiger partial charge in [0.1, 0.15) is 17.3 Å². The molecule has 0 aliphatic carbocycles. The quantitative estimate of drug-likeness (QED) is 0.688. The first-order chi connectivity index (χ1) is 14.7. The number of aromatic nitrogens is 3. The largest absolute Gasteiger partial charge is 0.383 e. The molecule has 3 aliphatic rings. The summed E-state index contributed by atoms with van der Waals surface area (Å²) in [6.07, 6.45) is 10.4. The van der Waals surface area contributed by atoms with Crippen LogP contribution in [0.25, 0.3) is 23.2 Å². The van der Waals surface area contributed by atoms with Crippen LogP contribution in [0, 0.1) is 6.92 Å². The van der Waals surface area contributed by atoms with E-state index in [-0.39, 0.29) is 0 Å². The number of piperazine rings is 1. The zero-order chi connectivity index (χ0) is 20.5. The van der Waals surface area contributed by atoms with Gasteiger partial charge in [0.15, 0.2) is 0 Å². The summed E-state index contributed by atoms with van der Waals surface area (Å²) in [5, 5.41) is 3.61. The van der Waals surface area contributed by atoms with E-state index in [1.54, 1.807) is 12.4 Å². The third-order valence-corrected chi connectivity index (χ3v) is 6.22. The molecule has 1 aromatic carbocycles. The van der Waals surface area contributed by atoms with Gasteiger partial charge in [0.2, 0.25) is 0 Å². The Hall–Kier alpha value is -2.96. The van der Waals surface area contributed by atoms with Gasteiger partial charge < -0.3 is 11.1 Å². The average Bonchev–Trinajstić information content (AvgIpc) is 3.11. The summed E-state index contributed by atoms with van der Waals surface area (Å²) in [4.78, 5) is 11.6. The molecule has 0 radical (unpaired) electrons. The Morgan fingerprint density at radius 1 is 1.20 bits per heavy atom. The lowest BCUT2D eigenvalue weighted by Crippen LogP contribution is -2.60. The Labute approximate surface area is 177 Å². The number of nitrogens with two attached hydrogens (primary N) is 1. The van der Waals surface area contributed by atoms with Crippen LogP contribution in [-0.2, 0) is 0 Å². The molecular formula is C24H28N6. The molecule has 6 heteroatoms. The number of pyridine rings is 1. The number of imidazole rings is 1. The maximum atomic E-state index is 6.60. The van der Waals surface area contributed by atoms with Gasteiger partial charge in [-0.2, -0.15) is 0 Å². The molecule has 0 spiro atoms. The van der Waals surface area contributed by atoms with Gasteiger partial charge >= 0.3 is 0 Å². The molecule has 154 valence electrons. The van der Waals surface area contributed by atoms with E-state index in [0.29, 0.717) is 17.9 Å². The highest BCUT2D eigenvalue weighted by atomic mass is 15.2. The molecule has 2 unspecified atom stereocenters. The Balaban J connectivity index is 1.47. The molecule has 3 N–H and O–H groups in total. The Morgan fingerprint density at radius 3 is 2.77 bits per heavy atom. The van der Waals surface area contributed by atoms with Crippen molar-refractivity contribution < 1.29 is 0 Å². The first-order valence-corrected chi connectivity index (χ1v) is 10.7. The van der Waals surface area contributed by atoms with E-state index >= 15 is 0 Å². The summed E-state index contributed by atoms with van der Waals surface area (Å²) in [5.41, 5.74) is 10.6. The van der Waals surface area contributed by atoms with Crippen LogP contribution in [0.15, 0.2) is 54.9 Å². The van der Waals surface area contributed by atoms with Gasteiger partial charge in [0.25, 0.3) is 0 Å². The fourth-order valence-corrected chi connectivity index (χ4v) is 4.63. The van der Waals surface area contributed by atoms with E-state index in [1.165, 1.54) is 18.4 Å². The second-order valence-electron chi connectivity index (χ2n) is 8.31. The van der Waals surface area contributed by atoms with Crippen LogP contribution in [-0.4, -0.2) is 51.2 Å². The zero-order valence-electron chi connectivity index (χ0n) is 17.3. The van der Waals surface area contributed by atoms with Crippen LogP contribution >= 0.6 is 0 Å². The second kappa shape index (κ2) is 8.05. The number of hydrogen-bond donors (Lipinski definition) is 2. The van der Waals surface area contributed by atoms with E-state index in [4.69, 9.17) is 10.7 Å². The molecule has 30 heavy (non-hydrogen) atoms. The molecule has 2 aromatic heterocycles. The number of anilines is 1. The summed E-state index contributed by atoms with van der Waals surface area (Å²) < 4.78 is 2.02. The van der Waals surface area contributed by atoms with Crippen molar-refractivity contribution in [3.8, 4) is 17.1 Å². The second-order valence-corrected chi connectivity index (χ2v) is 8.31. The number of aryl methyl sites for hydroxylation is 1. The normalized spacial score (nSPS) is 21.5. The summed E-state index contributed by atoms with van der Waals surface area (Å²) in [5.74, 6) is 1.50. The van der Waals surface area contributed by atoms with Crippen molar-refractivity contribution in [3.05, 3.63) is 66.1 Å². The van der Waals surface area contributed by atoms with Crippen molar-refractivity contribution in [2.75, 3.05) is 25.4 Å². The average molecular weight is 401 g/mol. The lowest BCUT2D eigenvalue weighted by molar-refractivity contribution is 0.0869. The van der Waals surface area contributed by atoms with E-state index in [0.717, 1.165) is 42.4 Å². The van der Waals surface area contributed by atoms with E-state index < -0.39 is 0 Å². The van der Waals surface area contributed by atoms with E-state index in [2.05, 4.69) is 58.5 Å². The van der Waals surface area contributed by atoms with Crippen molar-refractivity contribution >= 4 is 11.9 Å². The molecule has 2 bridgehead atoms. The SMILES string of the molecule is Cc1cccc(-c2nc(/C=C\CN3CC4CCC3CN4)c(N)n2-c2ccncc2)c1. The predicted octanol–water partition coefficient (Wildman–Crippen LogP) is 3.27. The third kappa shape index (κ3) is 3.64. The van der Waals surface area contributed by atoms with Gasteiger partial charge in [-0.25, -0.2) is 4.98 Å². The molecule has 6 rings (SSSR count). The topological polar surface area (TPSA) is 72.0 Å². The first kappa shape index (κ1) is 19.0. The van der Waals surface area contributed by atoms with Crippen molar-refractivity contribution in [2.24, 2.45) is 0 Å². The lowest BCUT2D eigenvalue weighted by atomic mass is 9.93. The predicted molar refractivity (Wildman–Crippen MR) is 121 cm³/mol. The number of benzene rings is 1. The van der Waals surface area contributed by atoms with Crippen molar-refractivity contribution in [2.45, 2.75) is 31.8 Å². The summed E-state index contributed by atoms with van der Waals surface area (Å²) in [6, 6.07) is 13.6. The number of rotatable bonds is 5. The van der Waals surface area contributed by atoms with Gasteiger partial charge in [0.05, 0.1) is 5.69 Å². The number of nitrogens with zero attached hydrogens (tertiary/aromatic N) is 4. The molecule has 0 saturated carbocycles. The maximum Gasteiger partial charge on any atom is 0.146 e. The molecule has 3 aromatic rings. The molecule has 3 aliphatic heterocycles. The minimum atomic E-state index is 0.646. The molecule has 0 amide bonds. The van der Waals surface area contributed by atoms with Crippen molar-refractivity contribution in [3.63, 3.8) is 0 Å². The van der Waals surface area contributed by atoms with Crippen LogP contribution in [0.5, 0.6) is 0 Å². The minimum absolute atomic E-state index is 0.646. The number of nitrogen functional groups attached to an aromatic ring is 1. The van der Waals surface area contributed by atoms with Gasteiger partial charge in [-0.15, -0.1) is 0 Å². The highest BCUT2D eigenvalue weighted by Gasteiger charge is 2.32. The number of piperidine rings is 2. The first-order valence-electron chi connectivity index (χ1n) is 10.7. The highest BCUT2D eigenvalue weighted by Crippen LogP contribution is 2.29. The monoisotopic (exact) mass is 400 g/mol. The van der Waals surface area contributed by atoms with Crippen LogP contribution in [0.1, 0.15) is 24.1 Å². The van der Waals surface area contributed by atoms with E-state index in [9.17, 15) is 0 Å². The molecule has 2 atom stereocenters. The van der Waals surface area contributed by atoms with Crippen LogP contribution in [0.4, 0.5) is 5.82 Å². The molecule has 3 fully saturated rings. The Morgan fingerprint density at radius 2 is 2.07 bits per heavy atom. The van der Waals surface area contributed by atoms with Gasteiger partial charge in [0, 0.05) is 49.7 Å². The zero-order valence-corrected chi connectivity index (χ0v) is 17.3. The number of fused-ring (bicyclic) bond motifs is 3. The highest BCUT2D eigenvalue weighted by molar-refractivity contribution is 5.70. The van der Waals surface area contributed by atoms with E-state index in [1.807, 2.05) is 16.7 Å². The summed E-state index contributed by atoms with van der Waals surface area (Å²) >= 11 is 0. The van der Waals surface area contributed by atoms with Crippen LogP contribution in [0.3, 0.4) is 0 Å². The van der Waals surface area contributed by atoms with Gasteiger partial charge in [-0.05, 0) is 44.0 Å². The van der Waals surface area contributed by atoms with Gasteiger partial charge in [-0.3, -0.25) is 14.5 Å². The number of hydrogen-bond acceptors (Lipinski definition) is 5. The minimum Gasteiger partial charge on any atom is -0.383 e. The van der Waals surface area contributed by atoms with Crippen LogP contribution < -0.4 is 11.1 Å². The molecule has 3 saturated heterocycles. The molecular weight excluding hydrogens is 372 g/mol. The fraction of sp³-hybridized carbons (Fsp3) is 0.333. The standard InChI is InChI=1S/C24H28N6/c1-17-4-2-5-18(14-17)24-28-22(23(25)30(24)20-9-11-26-12-10-20)6-3-13-29-16-19-7-8-21(29)15-27-19/h2-6,9-12,14,19,21,27H,7-8,13,15-16,25H2,1H3/b6-3-. The fourth-order valence-electron chi connectivity index (χ4n) is 4.63. The smallest absolute Gasteiger partial charge is 0.146 e. The Kier molecular flexibility index (Phi) is 5.11. The lowest BCUT2D eigenvalue weighted by Gasteiger charge is -2.45. The number of nitrogens with one attached hydrogen (secondary N) is 1.